The third-order valence-corrected chi connectivity index (χ3v) is 12.5. The highest BCUT2D eigenvalue weighted by Crippen LogP contribution is 2.43. The van der Waals surface area contributed by atoms with Crippen LogP contribution in [0.15, 0.2) is 146 Å². The molecule has 0 aromatic carbocycles. The average Bonchev–Trinajstić information content (AvgIpc) is 3.34. The number of hydrogen-bond acceptors (Lipinski definition) is 5. The highest BCUT2D eigenvalue weighted by molar-refractivity contribution is 7.47. The van der Waals surface area contributed by atoms with Gasteiger partial charge in [0, 0.05) is 6.42 Å². The maximum Gasteiger partial charge on any atom is 0.472 e. The van der Waals surface area contributed by atoms with E-state index < -0.39 is 20.0 Å². The second-order valence-electron chi connectivity index (χ2n) is 19.6. The molecule has 0 fully saturated rings. The number of allylic oxidation sites excluding steroid dienone is 23. The van der Waals surface area contributed by atoms with Crippen molar-refractivity contribution in [3.8, 4) is 0 Å². The monoisotopic (exact) mass is 1020 g/mol. The van der Waals surface area contributed by atoms with Crippen LogP contribution in [0.25, 0.3) is 0 Å². The van der Waals surface area contributed by atoms with Crippen LogP contribution in [-0.4, -0.2) is 73.4 Å². The summed E-state index contributed by atoms with van der Waals surface area (Å²) in [7, 11) is 1.53. The summed E-state index contributed by atoms with van der Waals surface area (Å²) in [5.41, 5.74) is 0. The van der Waals surface area contributed by atoms with Gasteiger partial charge in [0.05, 0.1) is 39.9 Å². The third-order valence-electron chi connectivity index (χ3n) is 11.6. The second kappa shape index (κ2) is 52.3. The van der Waals surface area contributed by atoms with Gasteiger partial charge in [0.25, 0.3) is 0 Å². The zero-order chi connectivity index (χ0) is 52.7. The van der Waals surface area contributed by atoms with Crippen LogP contribution in [-0.2, 0) is 18.4 Å². The van der Waals surface area contributed by atoms with Crippen molar-refractivity contribution in [1.82, 2.24) is 5.32 Å². The molecular formula is C63H106N2O6P+. The number of aliphatic hydroxyl groups is 1. The Bertz CT molecular complexity index is 1670. The molecule has 72 heavy (non-hydrogen) atoms. The Morgan fingerprint density at radius 2 is 0.833 bits per heavy atom. The lowest BCUT2D eigenvalue weighted by atomic mass is 10.1. The summed E-state index contributed by atoms with van der Waals surface area (Å²) in [5, 5.41) is 13.8. The first kappa shape index (κ1) is 68.4. The number of hydrogen-bond donors (Lipinski definition) is 3. The molecule has 3 N–H and O–H groups in total. The van der Waals surface area contributed by atoms with E-state index >= 15 is 0 Å². The largest absolute Gasteiger partial charge is 0.472 e. The van der Waals surface area contributed by atoms with Crippen LogP contribution >= 0.6 is 7.82 Å². The predicted octanol–water partition coefficient (Wildman–Crippen LogP) is 17.3. The van der Waals surface area contributed by atoms with Crippen molar-refractivity contribution in [2.45, 2.75) is 206 Å². The normalized spacial score (nSPS) is 15.0. The van der Waals surface area contributed by atoms with Gasteiger partial charge >= 0.3 is 7.82 Å². The van der Waals surface area contributed by atoms with E-state index in [0.29, 0.717) is 17.4 Å². The first-order valence-corrected chi connectivity index (χ1v) is 29.7. The van der Waals surface area contributed by atoms with Gasteiger partial charge in [-0.05, 0) is 103 Å². The molecule has 1 amide bonds. The maximum absolute atomic E-state index is 12.9. The molecule has 0 aliphatic carbocycles. The number of nitrogens with zero attached hydrogens (tertiary/aromatic N) is 1. The van der Waals surface area contributed by atoms with Gasteiger partial charge in [0.2, 0.25) is 5.91 Å². The van der Waals surface area contributed by atoms with E-state index in [1.807, 2.05) is 27.2 Å². The standard InChI is InChI=1S/C63H105N2O6P/c1-6-8-10-12-14-16-18-19-20-21-22-23-24-25-26-27-28-29-30-31-32-33-34-35-36-37-38-39-40-41-42-43-44-45-47-49-51-53-55-57-63(67)64-61(60-71-72(68,69)70-59-58-65(3,4)5)62(66)56-54-52-50-48-46-17-15-13-11-9-7-2/h8,10,14,16,19-20,22-23,25-26,28-29,31-32,34-35,37-38,40-41,43-44,54,56,61-62,66H,6-7,9,11-13,15,17-18,21,24,27,30,33,36,39,42,45-53,55,57-60H2,1-5H3,(H-,64,67,68,69)/p+1/b10-8-,16-14-,20-19-,23-22-,26-25-,29-28-,32-31-,35-34-,38-37-,41-40-,44-43-,56-54+. The van der Waals surface area contributed by atoms with Gasteiger partial charge < -0.3 is 19.8 Å². The number of carbonyl (C=O) groups is 1. The molecule has 0 aromatic heterocycles. The minimum Gasteiger partial charge on any atom is -0.387 e. The summed E-state index contributed by atoms with van der Waals surface area (Å²) in [6.45, 7) is 4.64. The first-order chi connectivity index (χ1) is 35.0. The lowest BCUT2D eigenvalue weighted by Gasteiger charge is -2.25. The van der Waals surface area contributed by atoms with Crippen molar-refractivity contribution in [1.29, 1.82) is 0 Å². The van der Waals surface area contributed by atoms with E-state index in [9.17, 15) is 19.4 Å². The molecule has 8 nitrogen and oxygen atoms in total. The second-order valence-corrected chi connectivity index (χ2v) is 21.0. The summed E-state index contributed by atoms with van der Waals surface area (Å²) in [6.07, 6.45) is 80.9. The Morgan fingerprint density at radius 1 is 0.486 bits per heavy atom. The minimum absolute atomic E-state index is 0.0495. The smallest absolute Gasteiger partial charge is 0.387 e. The quantitative estimate of drug-likeness (QED) is 0.0243. The Kier molecular flexibility index (Phi) is 49.6. The van der Waals surface area contributed by atoms with Crippen LogP contribution in [0.5, 0.6) is 0 Å². The topological polar surface area (TPSA) is 105 Å². The van der Waals surface area contributed by atoms with Gasteiger partial charge in [-0.1, -0.05) is 230 Å². The predicted molar refractivity (Wildman–Crippen MR) is 313 cm³/mol. The molecule has 0 aliphatic rings. The van der Waals surface area contributed by atoms with Crippen LogP contribution in [0, 0.1) is 0 Å². The average molecular weight is 1020 g/mol. The van der Waals surface area contributed by atoms with Crippen molar-refractivity contribution in [2.75, 3.05) is 40.9 Å². The molecule has 0 spiro atoms. The Hall–Kier alpha value is -3.62. The number of quaternary nitrogens is 1. The molecule has 0 aliphatic heterocycles. The fourth-order valence-corrected chi connectivity index (χ4v) is 7.90. The van der Waals surface area contributed by atoms with Crippen LogP contribution in [0.4, 0.5) is 0 Å². The van der Waals surface area contributed by atoms with Gasteiger partial charge in [-0.25, -0.2) is 4.57 Å². The SMILES string of the molecule is CC/C=C\C/C=C\C/C=C\C/C=C\C/C=C\C/C=C\C/C=C\C/C=C\C/C=C\C/C=C\C/C=C\CCCCCCCC(=O)NC(COP(=O)(O)OCC[N+](C)(C)C)C(O)/C=C/CCCCCCCCCCC. The Labute approximate surface area is 442 Å². The number of carbonyl (C=O) groups excluding carboxylic acids is 1. The summed E-state index contributed by atoms with van der Waals surface area (Å²) in [6, 6.07) is -0.866. The zero-order valence-electron chi connectivity index (χ0n) is 46.4. The van der Waals surface area contributed by atoms with Crippen LogP contribution in [0.3, 0.4) is 0 Å². The number of phosphoric acid groups is 1. The lowest BCUT2D eigenvalue weighted by molar-refractivity contribution is -0.870. The maximum atomic E-state index is 12.9. The van der Waals surface area contributed by atoms with Gasteiger partial charge in [-0.3, -0.25) is 13.8 Å². The third kappa shape index (κ3) is 54.2. The summed E-state index contributed by atoms with van der Waals surface area (Å²) >= 11 is 0. The molecule has 0 bridgehead atoms. The lowest BCUT2D eigenvalue weighted by Crippen LogP contribution is -2.45. The molecule has 0 saturated heterocycles. The number of nitrogens with one attached hydrogen (secondary N) is 1. The van der Waals surface area contributed by atoms with E-state index in [2.05, 4.69) is 153 Å². The molecule has 0 saturated carbocycles. The van der Waals surface area contributed by atoms with Gasteiger partial charge in [-0.2, -0.15) is 0 Å². The van der Waals surface area contributed by atoms with Crippen molar-refractivity contribution >= 4 is 13.7 Å². The summed E-state index contributed by atoms with van der Waals surface area (Å²) < 4.78 is 23.6. The number of unbranched alkanes of at least 4 members (excludes halogenated alkanes) is 14. The van der Waals surface area contributed by atoms with Crippen LogP contribution in [0.2, 0.25) is 0 Å². The van der Waals surface area contributed by atoms with E-state index in [4.69, 9.17) is 9.05 Å². The minimum atomic E-state index is -4.36. The van der Waals surface area contributed by atoms with E-state index in [0.717, 1.165) is 128 Å². The molecule has 0 aromatic rings. The van der Waals surface area contributed by atoms with Gasteiger partial charge in [-0.15, -0.1) is 0 Å². The van der Waals surface area contributed by atoms with Crippen LogP contribution in [0.1, 0.15) is 194 Å². The highest BCUT2D eigenvalue weighted by Gasteiger charge is 2.27. The Morgan fingerprint density at radius 3 is 1.22 bits per heavy atom. The summed E-state index contributed by atoms with van der Waals surface area (Å²) in [5.74, 6) is -0.204. The molecule has 408 valence electrons. The van der Waals surface area contributed by atoms with Gasteiger partial charge in [0.15, 0.2) is 0 Å². The van der Waals surface area contributed by atoms with E-state index in [1.165, 1.54) is 44.9 Å². The molecular weight excluding hydrogens is 912 g/mol. The van der Waals surface area contributed by atoms with Crippen molar-refractivity contribution < 1.29 is 32.9 Å². The number of amides is 1. The van der Waals surface area contributed by atoms with E-state index in [1.54, 1.807) is 6.08 Å². The van der Waals surface area contributed by atoms with Gasteiger partial charge in [0.1, 0.15) is 13.2 Å². The number of rotatable bonds is 49. The molecule has 0 heterocycles. The molecule has 3 atom stereocenters. The van der Waals surface area contributed by atoms with E-state index in [-0.39, 0.29) is 19.1 Å². The van der Waals surface area contributed by atoms with Crippen molar-refractivity contribution in [2.24, 2.45) is 0 Å². The number of phosphoric ester groups is 1. The number of aliphatic hydroxyl groups excluding tert-OH is 1. The van der Waals surface area contributed by atoms with Crippen LogP contribution < -0.4 is 5.32 Å². The highest BCUT2D eigenvalue weighted by atomic mass is 31.2. The fourth-order valence-electron chi connectivity index (χ4n) is 7.16. The fraction of sp³-hybridized carbons (Fsp3) is 0.603. The van der Waals surface area contributed by atoms with Crippen molar-refractivity contribution in [3.63, 3.8) is 0 Å². The Balaban J connectivity index is 4.17. The zero-order valence-corrected chi connectivity index (χ0v) is 47.2. The summed E-state index contributed by atoms with van der Waals surface area (Å²) in [4.78, 5) is 23.2. The van der Waals surface area contributed by atoms with Crippen molar-refractivity contribution in [3.05, 3.63) is 146 Å². The molecule has 0 rings (SSSR count). The molecule has 0 radical (unpaired) electrons. The molecule has 3 unspecified atom stereocenters. The molecule has 9 heteroatoms. The first-order valence-electron chi connectivity index (χ1n) is 28.2. The number of likely N-dealkylation sites (N-methyl/N-ethyl adjacent to an activating group) is 1.